The number of carbonyl (C=O) groups excluding carboxylic acids is 1. The number of hydrogen-bond acceptors (Lipinski definition) is 4. The Morgan fingerprint density at radius 3 is 3.15 bits per heavy atom. The first-order valence-corrected chi connectivity index (χ1v) is 7.37. The summed E-state index contributed by atoms with van der Waals surface area (Å²) in [7, 11) is 0. The van der Waals surface area contributed by atoms with Crippen molar-refractivity contribution in [3.63, 3.8) is 0 Å². The van der Waals surface area contributed by atoms with Gasteiger partial charge in [-0.3, -0.25) is 4.79 Å². The Morgan fingerprint density at radius 2 is 2.35 bits per heavy atom. The van der Waals surface area contributed by atoms with Crippen LogP contribution >= 0.6 is 0 Å². The lowest BCUT2D eigenvalue weighted by Crippen LogP contribution is -2.14. The minimum Gasteiger partial charge on any atom is -0.493 e. The lowest BCUT2D eigenvalue weighted by Gasteiger charge is -2.20. The van der Waals surface area contributed by atoms with Gasteiger partial charge in [-0.1, -0.05) is 12.1 Å². The minimum absolute atomic E-state index is 0.0309. The molecule has 2 N–H and O–H groups in total. The molecule has 0 amide bonds. The fraction of sp³-hybridized carbons (Fsp3) is 0.562. The molecule has 2 rings (SSSR count). The predicted molar refractivity (Wildman–Crippen MR) is 77.7 cm³/mol. The molecule has 1 aromatic carbocycles. The summed E-state index contributed by atoms with van der Waals surface area (Å²) in [5, 5.41) is 0. The van der Waals surface area contributed by atoms with Crippen LogP contribution in [0.5, 0.6) is 5.75 Å². The van der Waals surface area contributed by atoms with E-state index in [0.29, 0.717) is 13.0 Å². The Bertz CT molecular complexity index is 459. The van der Waals surface area contributed by atoms with E-state index in [4.69, 9.17) is 15.2 Å². The van der Waals surface area contributed by atoms with Crippen molar-refractivity contribution >= 4 is 5.97 Å². The number of esters is 1. The monoisotopic (exact) mass is 277 g/mol. The van der Waals surface area contributed by atoms with E-state index in [1.165, 1.54) is 5.56 Å². The molecule has 0 aliphatic carbocycles. The van der Waals surface area contributed by atoms with Crippen LogP contribution in [0.3, 0.4) is 0 Å². The molecule has 4 heteroatoms. The third-order valence-corrected chi connectivity index (χ3v) is 3.56. The van der Waals surface area contributed by atoms with E-state index in [1.807, 2.05) is 19.1 Å². The highest BCUT2D eigenvalue weighted by atomic mass is 16.5. The Morgan fingerprint density at radius 1 is 1.50 bits per heavy atom. The molecule has 1 aromatic rings. The van der Waals surface area contributed by atoms with Crippen LogP contribution in [-0.2, 0) is 16.0 Å². The van der Waals surface area contributed by atoms with Gasteiger partial charge in [-0.05, 0) is 49.8 Å². The van der Waals surface area contributed by atoms with Crippen molar-refractivity contribution in [3.8, 4) is 5.75 Å². The van der Waals surface area contributed by atoms with E-state index in [0.717, 1.165) is 43.6 Å². The van der Waals surface area contributed by atoms with Gasteiger partial charge in [-0.15, -0.1) is 0 Å². The topological polar surface area (TPSA) is 61.5 Å². The van der Waals surface area contributed by atoms with Gasteiger partial charge in [-0.2, -0.15) is 0 Å². The van der Waals surface area contributed by atoms with Gasteiger partial charge in [0.25, 0.3) is 0 Å². The van der Waals surface area contributed by atoms with Crippen LogP contribution in [0.15, 0.2) is 18.2 Å². The normalized spacial score (nSPS) is 15.1. The van der Waals surface area contributed by atoms with E-state index in [1.54, 1.807) is 0 Å². The average molecular weight is 277 g/mol. The summed E-state index contributed by atoms with van der Waals surface area (Å²) in [6.45, 7) is 3.06. The molecule has 20 heavy (non-hydrogen) atoms. The van der Waals surface area contributed by atoms with Crippen molar-refractivity contribution in [1.82, 2.24) is 0 Å². The molecule has 0 spiro atoms. The van der Waals surface area contributed by atoms with Crippen LogP contribution < -0.4 is 10.5 Å². The summed E-state index contributed by atoms with van der Waals surface area (Å²) in [6.07, 6.45) is 4.11. The van der Waals surface area contributed by atoms with Crippen LogP contribution in [0.25, 0.3) is 0 Å². The van der Waals surface area contributed by atoms with Gasteiger partial charge in [0, 0.05) is 12.5 Å². The van der Waals surface area contributed by atoms with Gasteiger partial charge in [0.05, 0.1) is 13.2 Å². The van der Waals surface area contributed by atoms with Gasteiger partial charge in [0.2, 0.25) is 0 Å². The van der Waals surface area contributed by atoms with Gasteiger partial charge < -0.3 is 15.2 Å². The number of aryl methyl sites for hydroxylation is 1. The van der Waals surface area contributed by atoms with Crippen molar-refractivity contribution in [1.29, 1.82) is 0 Å². The van der Waals surface area contributed by atoms with Crippen LogP contribution in [0, 0.1) is 0 Å². The molecular weight excluding hydrogens is 254 g/mol. The summed E-state index contributed by atoms with van der Waals surface area (Å²) in [4.78, 5) is 11.3. The molecule has 1 atom stereocenters. The van der Waals surface area contributed by atoms with E-state index in [9.17, 15) is 4.79 Å². The Labute approximate surface area is 120 Å². The lowest BCUT2D eigenvalue weighted by molar-refractivity contribution is -0.143. The molecule has 0 saturated heterocycles. The van der Waals surface area contributed by atoms with Gasteiger partial charge in [-0.25, -0.2) is 0 Å². The molecule has 0 fully saturated rings. The van der Waals surface area contributed by atoms with E-state index in [2.05, 4.69) is 6.07 Å². The van der Waals surface area contributed by atoms with Crippen molar-refractivity contribution < 1.29 is 14.3 Å². The second-order valence-electron chi connectivity index (χ2n) is 5.12. The standard InChI is InChI=1S/C16H23NO3/c1-2-19-16(18)7-3-6-14(17)12-8-9-15-13(11-12)5-4-10-20-15/h8-9,11,14H,2-7,10,17H2,1H3. The highest BCUT2D eigenvalue weighted by Crippen LogP contribution is 2.28. The van der Waals surface area contributed by atoms with Crippen LogP contribution in [-0.4, -0.2) is 19.2 Å². The molecule has 1 aliphatic heterocycles. The molecule has 0 radical (unpaired) electrons. The number of nitrogens with two attached hydrogens (primary N) is 1. The zero-order valence-electron chi connectivity index (χ0n) is 12.1. The quantitative estimate of drug-likeness (QED) is 0.812. The summed E-state index contributed by atoms with van der Waals surface area (Å²) in [5.74, 6) is 0.845. The Hall–Kier alpha value is -1.55. The highest BCUT2D eigenvalue weighted by Gasteiger charge is 2.14. The summed E-state index contributed by atoms with van der Waals surface area (Å²) < 4.78 is 10.5. The molecule has 110 valence electrons. The second kappa shape index (κ2) is 7.29. The lowest BCUT2D eigenvalue weighted by atomic mass is 9.97. The number of benzene rings is 1. The van der Waals surface area contributed by atoms with E-state index < -0.39 is 0 Å². The maximum Gasteiger partial charge on any atom is 0.305 e. The fourth-order valence-corrected chi connectivity index (χ4v) is 2.48. The van der Waals surface area contributed by atoms with E-state index in [-0.39, 0.29) is 12.0 Å². The van der Waals surface area contributed by atoms with Crippen molar-refractivity contribution in [3.05, 3.63) is 29.3 Å². The maximum absolute atomic E-state index is 11.3. The predicted octanol–water partition coefficient (Wildman–Crippen LogP) is 2.74. The number of fused-ring (bicyclic) bond motifs is 1. The number of carbonyl (C=O) groups is 1. The third kappa shape index (κ3) is 3.97. The number of hydrogen-bond donors (Lipinski definition) is 1. The summed E-state index contributed by atoms with van der Waals surface area (Å²) in [5.41, 5.74) is 8.56. The summed E-state index contributed by atoms with van der Waals surface area (Å²) in [6, 6.07) is 6.15. The average Bonchev–Trinajstić information content (AvgIpc) is 2.47. The minimum atomic E-state index is -0.140. The third-order valence-electron chi connectivity index (χ3n) is 3.56. The van der Waals surface area contributed by atoms with Crippen LogP contribution in [0.1, 0.15) is 49.8 Å². The molecule has 0 saturated carbocycles. The van der Waals surface area contributed by atoms with Crippen molar-refractivity contribution in [2.75, 3.05) is 13.2 Å². The second-order valence-corrected chi connectivity index (χ2v) is 5.12. The number of ether oxygens (including phenoxy) is 2. The number of rotatable bonds is 6. The van der Waals surface area contributed by atoms with Crippen molar-refractivity contribution in [2.45, 2.75) is 45.1 Å². The molecule has 0 bridgehead atoms. The Balaban J connectivity index is 1.86. The molecule has 1 unspecified atom stereocenters. The first kappa shape index (κ1) is 14.9. The molecule has 0 aromatic heterocycles. The highest BCUT2D eigenvalue weighted by molar-refractivity contribution is 5.69. The summed E-state index contributed by atoms with van der Waals surface area (Å²) >= 11 is 0. The Kier molecular flexibility index (Phi) is 5.41. The van der Waals surface area contributed by atoms with Crippen LogP contribution in [0.2, 0.25) is 0 Å². The zero-order chi connectivity index (χ0) is 14.4. The zero-order valence-corrected chi connectivity index (χ0v) is 12.1. The first-order chi connectivity index (χ1) is 9.70. The van der Waals surface area contributed by atoms with Crippen molar-refractivity contribution in [2.24, 2.45) is 5.73 Å². The molecule has 4 nitrogen and oxygen atoms in total. The SMILES string of the molecule is CCOC(=O)CCCC(N)c1ccc2c(c1)CCCO2. The molecule has 1 heterocycles. The van der Waals surface area contributed by atoms with Gasteiger partial charge >= 0.3 is 5.97 Å². The van der Waals surface area contributed by atoms with E-state index >= 15 is 0 Å². The van der Waals surface area contributed by atoms with Crippen LogP contribution in [0.4, 0.5) is 0 Å². The molecular formula is C16H23NO3. The smallest absolute Gasteiger partial charge is 0.305 e. The first-order valence-electron chi connectivity index (χ1n) is 7.37. The van der Waals surface area contributed by atoms with Gasteiger partial charge in [0.1, 0.15) is 5.75 Å². The van der Waals surface area contributed by atoms with Gasteiger partial charge in [0.15, 0.2) is 0 Å². The maximum atomic E-state index is 11.3. The fourth-order valence-electron chi connectivity index (χ4n) is 2.48. The largest absolute Gasteiger partial charge is 0.493 e. The molecule has 1 aliphatic rings.